The standard InChI is InChI=1S/C13H10ClFN2O2/c14-11-4-2-1-3-8(11)6-16-12-10(13(18)19)5-9(15)7-17-12/h1-5,7H,6H2,(H,16,17)(H,18,19). The maximum atomic E-state index is 13.0. The van der Waals surface area contributed by atoms with Gasteiger partial charge in [-0.1, -0.05) is 29.8 Å². The Kier molecular flexibility index (Phi) is 3.97. The van der Waals surface area contributed by atoms with Gasteiger partial charge in [0.2, 0.25) is 0 Å². The maximum absolute atomic E-state index is 13.0. The van der Waals surface area contributed by atoms with Gasteiger partial charge < -0.3 is 10.4 Å². The normalized spacial score (nSPS) is 10.2. The molecular formula is C13H10ClFN2O2. The first kappa shape index (κ1) is 13.3. The van der Waals surface area contributed by atoms with Crippen LogP contribution in [0.2, 0.25) is 5.02 Å². The molecule has 19 heavy (non-hydrogen) atoms. The summed E-state index contributed by atoms with van der Waals surface area (Å²) in [5.41, 5.74) is 0.582. The molecule has 0 aliphatic rings. The summed E-state index contributed by atoms with van der Waals surface area (Å²) in [6, 6.07) is 8.07. The third kappa shape index (κ3) is 3.20. The number of nitrogens with zero attached hydrogens (tertiary/aromatic N) is 1. The summed E-state index contributed by atoms with van der Waals surface area (Å²) in [6.07, 6.45) is 0.960. The van der Waals surface area contributed by atoms with Gasteiger partial charge in [0.05, 0.1) is 6.20 Å². The first-order valence-corrected chi connectivity index (χ1v) is 5.82. The first-order valence-electron chi connectivity index (χ1n) is 5.44. The SMILES string of the molecule is O=C(O)c1cc(F)cnc1NCc1ccccc1Cl. The molecule has 0 atom stereocenters. The van der Waals surface area contributed by atoms with Crippen LogP contribution in [0.3, 0.4) is 0 Å². The topological polar surface area (TPSA) is 62.2 Å². The van der Waals surface area contributed by atoms with Crippen LogP contribution in [0, 0.1) is 5.82 Å². The third-order valence-corrected chi connectivity index (χ3v) is 2.86. The van der Waals surface area contributed by atoms with E-state index < -0.39 is 11.8 Å². The van der Waals surface area contributed by atoms with Crippen LogP contribution in [-0.2, 0) is 6.54 Å². The van der Waals surface area contributed by atoms with Crippen molar-refractivity contribution in [3.63, 3.8) is 0 Å². The molecule has 0 unspecified atom stereocenters. The predicted octanol–water partition coefficient (Wildman–Crippen LogP) is 3.18. The van der Waals surface area contributed by atoms with Crippen LogP contribution in [0.15, 0.2) is 36.5 Å². The number of carbonyl (C=O) groups is 1. The van der Waals surface area contributed by atoms with E-state index in [0.717, 1.165) is 17.8 Å². The molecular weight excluding hydrogens is 271 g/mol. The van der Waals surface area contributed by atoms with Crippen molar-refractivity contribution in [2.45, 2.75) is 6.54 Å². The van der Waals surface area contributed by atoms with Gasteiger partial charge >= 0.3 is 5.97 Å². The fourth-order valence-electron chi connectivity index (χ4n) is 1.56. The number of nitrogens with one attached hydrogen (secondary N) is 1. The fraction of sp³-hybridized carbons (Fsp3) is 0.0769. The number of aromatic carboxylic acids is 1. The Labute approximate surface area is 113 Å². The third-order valence-electron chi connectivity index (χ3n) is 2.49. The van der Waals surface area contributed by atoms with Gasteiger partial charge in [-0.25, -0.2) is 14.2 Å². The number of benzene rings is 1. The Morgan fingerprint density at radius 2 is 2.16 bits per heavy atom. The van der Waals surface area contributed by atoms with Crippen molar-refractivity contribution in [3.05, 3.63) is 58.5 Å². The molecule has 4 nitrogen and oxygen atoms in total. The quantitative estimate of drug-likeness (QED) is 0.903. The zero-order valence-corrected chi connectivity index (χ0v) is 10.5. The van der Waals surface area contributed by atoms with Gasteiger partial charge in [-0.05, 0) is 17.7 Å². The molecule has 0 amide bonds. The number of pyridine rings is 1. The van der Waals surface area contributed by atoms with Crippen LogP contribution in [0.4, 0.5) is 10.2 Å². The van der Waals surface area contributed by atoms with Crippen molar-refractivity contribution in [2.24, 2.45) is 0 Å². The van der Waals surface area contributed by atoms with Crippen LogP contribution in [0.25, 0.3) is 0 Å². The van der Waals surface area contributed by atoms with E-state index in [2.05, 4.69) is 10.3 Å². The fourth-order valence-corrected chi connectivity index (χ4v) is 1.77. The molecule has 1 heterocycles. The van der Waals surface area contributed by atoms with E-state index in [-0.39, 0.29) is 11.4 Å². The summed E-state index contributed by atoms with van der Waals surface area (Å²) in [4.78, 5) is 14.7. The van der Waals surface area contributed by atoms with E-state index in [0.29, 0.717) is 11.6 Å². The molecule has 98 valence electrons. The zero-order valence-electron chi connectivity index (χ0n) is 9.73. The summed E-state index contributed by atoms with van der Waals surface area (Å²) < 4.78 is 13.0. The lowest BCUT2D eigenvalue weighted by atomic mass is 10.2. The number of hydrogen-bond donors (Lipinski definition) is 2. The minimum atomic E-state index is -1.24. The second kappa shape index (κ2) is 5.67. The van der Waals surface area contributed by atoms with Gasteiger partial charge in [-0.2, -0.15) is 0 Å². The average Bonchev–Trinajstić information content (AvgIpc) is 2.38. The van der Waals surface area contributed by atoms with Crippen molar-refractivity contribution in [1.82, 2.24) is 4.98 Å². The lowest BCUT2D eigenvalue weighted by Crippen LogP contribution is -2.09. The average molecular weight is 281 g/mol. The number of carboxylic acid groups (broad SMARTS) is 1. The molecule has 0 bridgehead atoms. The molecule has 0 aliphatic carbocycles. The minimum Gasteiger partial charge on any atom is -0.478 e. The molecule has 1 aromatic heterocycles. The molecule has 0 aliphatic heterocycles. The highest BCUT2D eigenvalue weighted by Crippen LogP contribution is 2.18. The molecule has 0 saturated carbocycles. The van der Waals surface area contributed by atoms with E-state index in [1.807, 2.05) is 6.07 Å². The molecule has 6 heteroatoms. The lowest BCUT2D eigenvalue weighted by Gasteiger charge is -2.09. The van der Waals surface area contributed by atoms with Crippen molar-refractivity contribution in [3.8, 4) is 0 Å². The largest absolute Gasteiger partial charge is 0.478 e. The van der Waals surface area contributed by atoms with Gasteiger partial charge in [-0.15, -0.1) is 0 Å². The van der Waals surface area contributed by atoms with Gasteiger partial charge in [0.1, 0.15) is 17.2 Å². The van der Waals surface area contributed by atoms with E-state index in [9.17, 15) is 9.18 Å². The van der Waals surface area contributed by atoms with Gasteiger partial charge in [0, 0.05) is 11.6 Å². The van der Waals surface area contributed by atoms with Crippen LogP contribution in [0.1, 0.15) is 15.9 Å². The Morgan fingerprint density at radius 3 is 2.84 bits per heavy atom. The number of anilines is 1. The first-order chi connectivity index (χ1) is 9.08. The van der Waals surface area contributed by atoms with E-state index in [4.69, 9.17) is 16.7 Å². The predicted molar refractivity (Wildman–Crippen MR) is 69.9 cm³/mol. The molecule has 0 spiro atoms. The Bertz CT molecular complexity index is 619. The number of hydrogen-bond acceptors (Lipinski definition) is 3. The van der Waals surface area contributed by atoms with Crippen molar-refractivity contribution < 1.29 is 14.3 Å². The van der Waals surface area contributed by atoms with Gasteiger partial charge in [0.15, 0.2) is 0 Å². The highest BCUT2D eigenvalue weighted by Gasteiger charge is 2.12. The zero-order chi connectivity index (χ0) is 13.8. The van der Waals surface area contributed by atoms with Crippen molar-refractivity contribution >= 4 is 23.4 Å². The smallest absolute Gasteiger partial charge is 0.339 e. The van der Waals surface area contributed by atoms with Crippen LogP contribution < -0.4 is 5.32 Å². The second-order valence-corrected chi connectivity index (χ2v) is 4.21. The molecule has 0 radical (unpaired) electrons. The second-order valence-electron chi connectivity index (χ2n) is 3.80. The highest BCUT2D eigenvalue weighted by atomic mass is 35.5. The van der Waals surface area contributed by atoms with Crippen molar-refractivity contribution in [2.75, 3.05) is 5.32 Å². The van der Waals surface area contributed by atoms with E-state index >= 15 is 0 Å². The van der Waals surface area contributed by atoms with E-state index in [1.54, 1.807) is 18.2 Å². The maximum Gasteiger partial charge on any atom is 0.339 e. The molecule has 2 rings (SSSR count). The Balaban J connectivity index is 2.20. The molecule has 2 aromatic rings. The molecule has 1 aromatic carbocycles. The van der Waals surface area contributed by atoms with Crippen LogP contribution in [0.5, 0.6) is 0 Å². The molecule has 0 fully saturated rings. The Hall–Kier alpha value is -2.14. The summed E-state index contributed by atoms with van der Waals surface area (Å²) in [6.45, 7) is 0.304. The minimum absolute atomic E-state index is 0.105. The Morgan fingerprint density at radius 1 is 1.42 bits per heavy atom. The van der Waals surface area contributed by atoms with Gasteiger partial charge in [-0.3, -0.25) is 0 Å². The molecule has 2 N–H and O–H groups in total. The van der Waals surface area contributed by atoms with Gasteiger partial charge in [0.25, 0.3) is 0 Å². The lowest BCUT2D eigenvalue weighted by molar-refractivity contribution is 0.0697. The number of rotatable bonds is 4. The van der Waals surface area contributed by atoms with Crippen molar-refractivity contribution in [1.29, 1.82) is 0 Å². The molecule has 0 saturated heterocycles. The highest BCUT2D eigenvalue weighted by molar-refractivity contribution is 6.31. The summed E-state index contributed by atoms with van der Waals surface area (Å²) in [7, 11) is 0. The number of halogens is 2. The number of aromatic nitrogens is 1. The summed E-state index contributed by atoms with van der Waals surface area (Å²) in [5.74, 6) is -1.83. The van der Waals surface area contributed by atoms with Crippen LogP contribution >= 0.6 is 11.6 Å². The monoisotopic (exact) mass is 280 g/mol. The summed E-state index contributed by atoms with van der Waals surface area (Å²) >= 11 is 5.98. The van der Waals surface area contributed by atoms with E-state index in [1.165, 1.54) is 0 Å². The number of carboxylic acids is 1. The summed E-state index contributed by atoms with van der Waals surface area (Å²) in [5, 5.41) is 12.4. The van der Waals surface area contributed by atoms with Crippen LogP contribution in [-0.4, -0.2) is 16.1 Å².